The van der Waals surface area contributed by atoms with Crippen molar-refractivity contribution in [2.75, 3.05) is 53.6 Å². The minimum absolute atomic E-state index is 0.000687. The van der Waals surface area contributed by atoms with Gasteiger partial charge in [0.25, 0.3) is 0 Å². The molecule has 0 bridgehead atoms. The van der Waals surface area contributed by atoms with Crippen molar-refractivity contribution in [1.29, 1.82) is 5.26 Å². The van der Waals surface area contributed by atoms with E-state index in [1.165, 1.54) is 12.3 Å². The van der Waals surface area contributed by atoms with Gasteiger partial charge in [-0.05, 0) is 56.8 Å². The number of rotatable bonds is 10. The highest BCUT2D eigenvalue weighted by Crippen LogP contribution is 2.33. The Morgan fingerprint density at radius 2 is 1.85 bits per heavy atom. The van der Waals surface area contributed by atoms with E-state index in [4.69, 9.17) is 4.74 Å². The zero-order valence-corrected chi connectivity index (χ0v) is 22.7. The van der Waals surface area contributed by atoms with Crippen LogP contribution in [-0.2, 0) is 4.79 Å². The van der Waals surface area contributed by atoms with Crippen LogP contribution in [0.3, 0.4) is 0 Å². The third-order valence-corrected chi connectivity index (χ3v) is 6.44. The lowest BCUT2D eigenvalue weighted by Crippen LogP contribution is -2.46. The molecule has 3 aromatic rings. The number of anilines is 6. The molecule has 1 aliphatic rings. The summed E-state index contributed by atoms with van der Waals surface area (Å²) in [5.41, 5.74) is 4.04. The molecular weight excluding hydrogens is 490 g/mol. The smallest absolute Gasteiger partial charge is 0.247 e. The second kappa shape index (κ2) is 12.8. The molecule has 1 aromatic heterocycles. The van der Waals surface area contributed by atoms with Crippen molar-refractivity contribution in [2.24, 2.45) is 0 Å². The average Bonchev–Trinajstić information content (AvgIpc) is 2.95. The Hall–Kier alpha value is -4.55. The first-order valence-electron chi connectivity index (χ1n) is 13.1. The van der Waals surface area contributed by atoms with E-state index in [0.717, 1.165) is 44.1 Å². The molecule has 4 rings (SSSR count). The van der Waals surface area contributed by atoms with Crippen LogP contribution in [-0.4, -0.2) is 54.6 Å². The molecule has 1 fully saturated rings. The van der Waals surface area contributed by atoms with E-state index in [1.807, 2.05) is 56.3 Å². The molecule has 9 nitrogen and oxygen atoms in total. The van der Waals surface area contributed by atoms with Gasteiger partial charge in [-0.1, -0.05) is 25.6 Å². The van der Waals surface area contributed by atoms with Gasteiger partial charge in [-0.3, -0.25) is 4.79 Å². The Kier molecular flexibility index (Phi) is 9.02. The SMILES string of the molecule is C=CC(=O)Nc1cc(N2CCN(CC)CC2)ccc1Nc1cc(Nc2ccccc2OC(C)C)c(C#N)cn1. The van der Waals surface area contributed by atoms with Crippen LogP contribution >= 0.6 is 0 Å². The fourth-order valence-corrected chi connectivity index (χ4v) is 4.37. The van der Waals surface area contributed by atoms with Crippen LogP contribution in [0.4, 0.5) is 34.3 Å². The molecule has 9 heteroatoms. The fourth-order valence-electron chi connectivity index (χ4n) is 4.37. The quantitative estimate of drug-likeness (QED) is 0.298. The summed E-state index contributed by atoms with van der Waals surface area (Å²) in [4.78, 5) is 21.4. The number of aromatic nitrogens is 1. The van der Waals surface area contributed by atoms with Crippen LogP contribution in [0, 0.1) is 11.3 Å². The molecular formula is C30H35N7O2. The predicted octanol–water partition coefficient (Wildman–Crippen LogP) is 5.49. The lowest BCUT2D eigenvalue weighted by Gasteiger charge is -2.35. The van der Waals surface area contributed by atoms with E-state index < -0.39 is 0 Å². The summed E-state index contributed by atoms with van der Waals surface area (Å²) in [5.74, 6) is 0.896. The molecule has 1 amide bonds. The molecule has 202 valence electrons. The van der Waals surface area contributed by atoms with Crippen molar-refractivity contribution >= 4 is 40.2 Å². The first-order valence-corrected chi connectivity index (χ1v) is 13.1. The van der Waals surface area contributed by atoms with E-state index in [9.17, 15) is 10.1 Å². The van der Waals surface area contributed by atoms with Crippen LogP contribution in [0.5, 0.6) is 5.75 Å². The summed E-state index contributed by atoms with van der Waals surface area (Å²) in [7, 11) is 0. The summed E-state index contributed by atoms with van der Waals surface area (Å²) in [6.45, 7) is 14.6. The zero-order chi connectivity index (χ0) is 27.8. The van der Waals surface area contributed by atoms with Gasteiger partial charge in [0, 0.05) is 44.1 Å². The van der Waals surface area contributed by atoms with Gasteiger partial charge in [0.05, 0.1) is 34.4 Å². The summed E-state index contributed by atoms with van der Waals surface area (Å²) in [5, 5.41) is 19.2. The number of pyridine rings is 1. The van der Waals surface area contributed by atoms with Crippen molar-refractivity contribution in [3.8, 4) is 11.8 Å². The normalized spacial score (nSPS) is 13.5. The first kappa shape index (κ1) is 27.5. The number of para-hydroxylation sites is 2. The molecule has 1 aliphatic heterocycles. The Labute approximate surface area is 230 Å². The van der Waals surface area contributed by atoms with Gasteiger partial charge in [-0.2, -0.15) is 5.26 Å². The summed E-state index contributed by atoms with van der Waals surface area (Å²) in [6.07, 6.45) is 2.76. The number of hydrogen-bond donors (Lipinski definition) is 3. The monoisotopic (exact) mass is 525 g/mol. The molecule has 0 unspecified atom stereocenters. The number of nitriles is 1. The Morgan fingerprint density at radius 1 is 1.08 bits per heavy atom. The van der Waals surface area contributed by atoms with Gasteiger partial charge in [0.2, 0.25) is 5.91 Å². The standard InChI is InChI=1S/C30H35N7O2/c1-5-30(38)35-27-17-23(37-15-13-36(6-2)14-16-37)11-12-24(27)34-29-18-26(22(19-31)20-32-29)33-25-9-7-8-10-28(25)39-21(3)4/h5,7-12,17-18,20-21H,1,6,13-16H2,2-4H3,(H,35,38)(H2,32,33,34). The van der Waals surface area contributed by atoms with Crippen molar-refractivity contribution in [3.63, 3.8) is 0 Å². The molecule has 39 heavy (non-hydrogen) atoms. The van der Waals surface area contributed by atoms with Crippen LogP contribution in [0.2, 0.25) is 0 Å². The second-order valence-electron chi connectivity index (χ2n) is 9.48. The number of nitrogens with zero attached hydrogens (tertiary/aromatic N) is 4. The Morgan fingerprint density at radius 3 is 2.54 bits per heavy atom. The molecule has 2 heterocycles. The Balaban J connectivity index is 1.61. The van der Waals surface area contributed by atoms with Crippen LogP contribution in [0.15, 0.2) is 67.4 Å². The minimum atomic E-state index is -0.303. The van der Waals surface area contributed by atoms with Gasteiger partial charge >= 0.3 is 0 Å². The summed E-state index contributed by atoms with van der Waals surface area (Å²) >= 11 is 0. The highest BCUT2D eigenvalue weighted by atomic mass is 16.5. The number of carbonyl (C=O) groups excluding carboxylic acids is 1. The highest BCUT2D eigenvalue weighted by Gasteiger charge is 2.18. The zero-order valence-electron chi connectivity index (χ0n) is 22.7. The third kappa shape index (κ3) is 7.06. The fraction of sp³-hybridized carbons (Fsp3) is 0.300. The maximum Gasteiger partial charge on any atom is 0.247 e. The lowest BCUT2D eigenvalue weighted by atomic mass is 10.2. The number of carbonyl (C=O) groups is 1. The van der Waals surface area contributed by atoms with Gasteiger partial charge in [0.1, 0.15) is 17.6 Å². The van der Waals surface area contributed by atoms with Crippen LogP contribution < -0.4 is 25.6 Å². The number of likely N-dealkylation sites (N-methyl/N-ethyl adjacent to an activating group) is 1. The van der Waals surface area contributed by atoms with Gasteiger partial charge in [-0.25, -0.2) is 4.98 Å². The number of benzene rings is 2. The van der Waals surface area contributed by atoms with Gasteiger partial charge < -0.3 is 30.5 Å². The maximum absolute atomic E-state index is 12.3. The number of piperazine rings is 1. The molecule has 0 saturated carbocycles. The topological polar surface area (TPSA) is 106 Å². The molecule has 0 spiro atoms. The predicted molar refractivity (Wildman–Crippen MR) is 157 cm³/mol. The number of ether oxygens (including phenoxy) is 1. The van der Waals surface area contributed by atoms with Crippen molar-refractivity contribution in [2.45, 2.75) is 26.9 Å². The van der Waals surface area contributed by atoms with Gasteiger partial charge in [-0.15, -0.1) is 0 Å². The number of amides is 1. The van der Waals surface area contributed by atoms with Crippen LogP contribution in [0.25, 0.3) is 0 Å². The molecule has 2 aromatic carbocycles. The molecule has 1 saturated heterocycles. The average molecular weight is 526 g/mol. The van der Waals surface area contributed by atoms with E-state index in [2.05, 4.69) is 50.3 Å². The molecule has 0 atom stereocenters. The number of nitrogens with one attached hydrogen (secondary N) is 3. The first-order chi connectivity index (χ1) is 18.9. The van der Waals surface area contributed by atoms with E-state index in [0.29, 0.717) is 34.2 Å². The van der Waals surface area contributed by atoms with Gasteiger partial charge in [0.15, 0.2) is 0 Å². The Bertz CT molecular complexity index is 1360. The van der Waals surface area contributed by atoms with Crippen molar-refractivity contribution in [3.05, 3.63) is 72.9 Å². The maximum atomic E-state index is 12.3. The van der Waals surface area contributed by atoms with Crippen LogP contribution in [0.1, 0.15) is 26.3 Å². The molecule has 0 aliphatic carbocycles. The largest absolute Gasteiger partial charge is 0.489 e. The second-order valence-corrected chi connectivity index (χ2v) is 9.48. The lowest BCUT2D eigenvalue weighted by molar-refractivity contribution is -0.111. The highest BCUT2D eigenvalue weighted by molar-refractivity contribution is 6.02. The van der Waals surface area contributed by atoms with E-state index in [1.54, 1.807) is 6.07 Å². The third-order valence-electron chi connectivity index (χ3n) is 6.44. The molecule has 0 radical (unpaired) electrons. The van der Waals surface area contributed by atoms with Crippen molar-refractivity contribution < 1.29 is 9.53 Å². The summed E-state index contributed by atoms with van der Waals surface area (Å²) < 4.78 is 5.92. The van der Waals surface area contributed by atoms with E-state index in [-0.39, 0.29) is 12.0 Å². The summed E-state index contributed by atoms with van der Waals surface area (Å²) in [6, 6.07) is 17.5. The van der Waals surface area contributed by atoms with E-state index >= 15 is 0 Å². The number of hydrogen-bond acceptors (Lipinski definition) is 8. The van der Waals surface area contributed by atoms with Crippen molar-refractivity contribution in [1.82, 2.24) is 9.88 Å². The minimum Gasteiger partial charge on any atom is -0.489 e. The molecule has 3 N–H and O–H groups in total.